The molecule has 0 bridgehead atoms. The first-order chi connectivity index (χ1) is 16.4. The van der Waals surface area contributed by atoms with Gasteiger partial charge in [-0.3, -0.25) is 14.2 Å². The molecule has 4 heterocycles. The van der Waals surface area contributed by atoms with Gasteiger partial charge in [0.1, 0.15) is 5.69 Å². The lowest BCUT2D eigenvalue weighted by molar-refractivity contribution is 0.102. The van der Waals surface area contributed by atoms with Crippen molar-refractivity contribution in [3.63, 3.8) is 0 Å². The number of nitrogens with zero attached hydrogens (tertiary/aromatic N) is 7. The van der Waals surface area contributed by atoms with Gasteiger partial charge in [-0.1, -0.05) is 29.3 Å². The minimum absolute atomic E-state index is 0.225. The molecule has 9 nitrogen and oxygen atoms in total. The largest absolute Gasteiger partial charge is 0.318 e. The van der Waals surface area contributed by atoms with Crippen LogP contribution in [0.25, 0.3) is 17.0 Å². The number of carbonyl (C=O) groups is 1. The van der Waals surface area contributed by atoms with E-state index < -0.39 is 0 Å². The van der Waals surface area contributed by atoms with Crippen LogP contribution in [0.1, 0.15) is 23.0 Å². The molecule has 0 aliphatic carbocycles. The summed E-state index contributed by atoms with van der Waals surface area (Å²) in [5.41, 5.74) is 3.68. The molecule has 0 spiro atoms. The molecule has 34 heavy (non-hydrogen) atoms. The van der Waals surface area contributed by atoms with Crippen LogP contribution in [0.5, 0.6) is 0 Å². The number of benzene rings is 1. The van der Waals surface area contributed by atoms with E-state index >= 15 is 0 Å². The topological polar surface area (TPSA) is 94.9 Å². The fourth-order valence-corrected chi connectivity index (χ4v) is 4.29. The van der Waals surface area contributed by atoms with Crippen molar-refractivity contribution in [1.29, 1.82) is 0 Å². The third kappa shape index (κ3) is 4.44. The summed E-state index contributed by atoms with van der Waals surface area (Å²) in [5.74, 6) is -0.372. The number of aryl methyl sites for hydroxylation is 1. The predicted octanol–water partition coefficient (Wildman–Crippen LogP) is 5.18. The molecule has 0 radical (unpaired) electrons. The summed E-state index contributed by atoms with van der Waals surface area (Å²) in [4.78, 5) is 17.2. The molecule has 1 aromatic carbocycles. The van der Waals surface area contributed by atoms with Crippen LogP contribution in [-0.4, -0.2) is 40.1 Å². The lowest BCUT2D eigenvalue weighted by Gasteiger charge is -2.03. The molecule has 0 saturated heterocycles. The van der Waals surface area contributed by atoms with Gasteiger partial charge in [-0.05, 0) is 46.6 Å². The monoisotopic (exact) mass is 558 g/mol. The average molecular weight is 560 g/mol. The maximum absolute atomic E-state index is 12.9. The van der Waals surface area contributed by atoms with E-state index in [1.807, 2.05) is 29.9 Å². The number of nitrogens with one attached hydrogen (secondary N) is 1. The maximum Gasteiger partial charge on any atom is 0.276 e. The van der Waals surface area contributed by atoms with Gasteiger partial charge in [0.15, 0.2) is 11.3 Å². The second-order valence-corrected chi connectivity index (χ2v) is 9.11. The van der Waals surface area contributed by atoms with Crippen LogP contribution in [-0.2, 0) is 13.1 Å². The standard InChI is InChI=1S/C22H17BrCl2N8O/c1-2-31-12-15(23)21(30-31)19-5-6-26-20-8-18(29-33(19)20)22(34)28-14-9-27-32(11-14)10-13-3-4-16(24)17(25)7-13/h3-9,11-12H,2,10H2,1H3,(H,28,34). The quantitative estimate of drug-likeness (QED) is 0.309. The highest BCUT2D eigenvalue weighted by Crippen LogP contribution is 2.27. The lowest BCUT2D eigenvalue weighted by Crippen LogP contribution is -2.12. The fraction of sp³-hybridized carbons (Fsp3) is 0.136. The molecule has 5 aromatic rings. The minimum atomic E-state index is -0.372. The van der Waals surface area contributed by atoms with E-state index in [0.717, 1.165) is 22.3 Å². The Morgan fingerprint density at radius 3 is 2.71 bits per heavy atom. The van der Waals surface area contributed by atoms with Crippen molar-refractivity contribution in [1.82, 2.24) is 34.2 Å². The van der Waals surface area contributed by atoms with E-state index in [4.69, 9.17) is 23.2 Å². The molecule has 0 fully saturated rings. The molecule has 0 saturated carbocycles. The molecule has 0 aliphatic heterocycles. The van der Waals surface area contributed by atoms with E-state index in [-0.39, 0.29) is 11.6 Å². The third-order valence-electron chi connectivity index (χ3n) is 5.09. The molecular weight excluding hydrogens is 543 g/mol. The van der Waals surface area contributed by atoms with E-state index in [9.17, 15) is 4.79 Å². The van der Waals surface area contributed by atoms with E-state index in [1.54, 1.807) is 46.0 Å². The van der Waals surface area contributed by atoms with Crippen molar-refractivity contribution in [2.24, 2.45) is 0 Å². The molecule has 1 amide bonds. The van der Waals surface area contributed by atoms with Gasteiger partial charge < -0.3 is 5.32 Å². The second-order valence-electron chi connectivity index (χ2n) is 7.44. The molecule has 0 aliphatic rings. The maximum atomic E-state index is 12.9. The minimum Gasteiger partial charge on any atom is -0.318 e. The Morgan fingerprint density at radius 2 is 1.94 bits per heavy atom. The van der Waals surface area contributed by atoms with E-state index in [0.29, 0.717) is 33.6 Å². The summed E-state index contributed by atoms with van der Waals surface area (Å²) in [6.45, 7) is 3.22. The van der Waals surface area contributed by atoms with Gasteiger partial charge in [-0.2, -0.15) is 15.3 Å². The summed E-state index contributed by atoms with van der Waals surface area (Å²) >= 11 is 15.6. The first-order valence-corrected chi connectivity index (χ1v) is 11.8. The molecule has 0 atom stereocenters. The summed E-state index contributed by atoms with van der Waals surface area (Å²) < 4.78 is 5.95. The molecule has 172 valence electrons. The van der Waals surface area contributed by atoms with Gasteiger partial charge in [0.2, 0.25) is 0 Å². The highest BCUT2D eigenvalue weighted by Gasteiger charge is 2.18. The summed E-state index contributed by atoms with van der Waals surface area (Å²) in [7, 11) is 0. The van der Waals surface area contributed by atoms with Gasteiger partial charge in [0.25, 0.3) is 5.91 Å². The van der Waals surface area contributed by atoms with Gasteiger partial charge in [0, 0.05) is 31.2 Å². The normalized spacial score (nSPS) is 11.3. The van der Waals surface area contributed by atoms with Crippen LogP contribution >= 0.6 is 39.1 Å². The number of fused-ring (bicyclic) bond motifs is 1. The first kappa shape index (κ1) is 22.6. The number of anilines is 1. The summed E-state index contributed by atoms with van der Waals surface area (Å²) in [6.07, 6.45) is 6.87. The first-order valence-electron chi connectivity index (χ1n) is 10.3. The zero-order chi connectivity index (χ0) is 23.8. The van der Waals surface area contributed by atoms with Crippen LogP contribution in [0.15, 0.2) is 59.6 Å². The van der Waals surface area contributed by atoms with E-state index in [1.165, 1.54) is 0 Å². The number of aromatic nitrogens is 7. The number of halogens is 3. The SMILES string of the molecule is CCn1cc(Br)c(-c2ccnc3cc(C(=O)Nc4cnn(Cc5ccc(Cl)c(Cl)c5)c4)nn23)n1. The number of hydrogen-bond acceptors (Lipinski definition) is 5. The smallest absolute Gasteiger partial charge is 0.276 e. The number of carbonyl (C=O) groups excluding carboxylic acids is 1. The Morgan fingerprint density at radius 1 is 1.09 bits per heavy atom. The van der Waals surface area contributed by atoms with Gasteiger partial charge in [-0.25, -0.2) is 9.50 Å². The Hall–Kier alpha value is -3.21. The Labute approximate surface area is 212 Å². The lowest BCUT2D eigenvalue weighted by atomic mass is 10.2. The zero-order valence-corrected chi connectivity index (χ0v) is 20.9. The number of rotatable bonds is 6. The molecule has 1 N–H and O–H groups in total. The summed E-state index contributed by atoms with van der Waals surface area (Å²) in [5, 5.41) is 17.1. The highest BCUT2D eigenvalue weighted by atomic mass is 79.9. The zero-order valence-electron chi connectivity index (χ0n) is 17.8. The van der Waals surface area contributed by atoms with Crippen LogP contribution < -0.4 is 5.32 Å². The Balaban J connectivity index is 1.36. The predicted molar refractivity (Wildman–Crippen MR) is 133 cm³/mol. The Kier molecular flexibility index (Phi) is 6.11. The van der Waals surface area contributed by atoms with Crippen molar-refractivity contribution < 1.29 is 4.79 Å². The van der Waals surface area contributed by atoms with Crippen molar-refractivity contribution in [2.45, 2.75) is 20.0 Å². The van der Waals surface area contributed by atoms with Crippen molar-refractivity contribution in [3.05, 3.63) is 80.9 Å². The molecule has 4 aromatic heterocycles. The van der Waals surface area contributed by atoms with Gasteiger partial charge in [0.05, 0.1) is 38.6 Å². The van der Waals surface area contributed by atoms with Crippen LogP contribution in [0.3, 0.4) is 0 Å². The number of hydrogen-bond donors (Lipinski definition) is 1. The van der Waals surface area contributed by atoms with Gasteiger partial charge >= 0.3 is 0 Å². The van der Waals surface area contributed by atoms with Crippen LogP contribution in [0.2, 0.25) is 10.0 Å². The second kappa shape index (κ2) is 9.21. The van der Waals surface area contributed by atoms with Crippen molar-refractivity contribution >= 4 is 56.4 Å². The van der Waals surface area contributed by atoms with Crippen molar-refractivity contribution in [3.8, 4) is 11.4 Å². The highest BCUT2D eigenvalue weighted by molar-refractivity contribution is 9.10. The van der Waals surface area contributed by atoms with Crippen LogP contribution in [0, 0.1) is 0 Å². The molecular formula is C22H17BrCl2N8O. The van der Waals surface area contributed by atoms with Crippen LogP contribution in [0.4, 0.5) is 5.69 Å². The van der Waals surface area contributed by atoms with E-state index in [2.05, 4.69) is 41.5 Å². The fourth-order valence-electron chi connectivity index (χ4n) is 3.45. The average Bonchev–Trinajstić information content (AvgIpc) is 3.54. The van der Waals surface area contributed by atoms with Crippen molar-refractivity contribution in [2.75, 3.05) is 5.32 Å². The molecule has 5 rings (SSSR count). The molecule has 0 unspecified atom stereocenters. The summed E-state index contributed by atoms with van der Waals surface area (Å²) in [6, 6.07) is 8.83. The number of amides is 1. The third-order valence-corrected chi connectivity index (χ3v) is 6.41. The molecule has 12 heteroatoms. The Bertz CT molecular complexity index is 1520. The van der Waals surface area contributed by atoms with Gasteiger partial charge in [-0.15, -0.1) is 0 Å².